The second kappa shape index (κ2) is 32.6. The van der Waals surface area contributed by atoms with Gasteiger partial charge >= 0.3 is 0 Å². The number of carbonyl (C=O) groups excluding carboxylic acids is 1. The lowest BCUT2D eigenvalue weighted by Gasteiger charge is -2.22. The van der Waals surface area contributed by atoms with Crippen LogP contribution in [0.1, 0.15) is 200 Å². The minimum atomic E-state index is -4.43. The van der Waals surface area contributed by atoms with Crippen LogP contribution in [0.2, 0.25) is 0 Å². The van der Waals surface area contributed by atoms with E-state index in [1.54, 1.807) is 6.08 Å². The molecule has 7 nitrogen and oxygen atoms in total. The lowest BCUT2D eigenvalue weighted by Crippen LogP contribution is -2.50. The standard InChI is InChI=1S/C38H75NO6S/c1-3-5-7-9-11-13-15-16-17-18-19-20-21-22-23-25-26-28-30-32-36(40)35(34-46(43,44)45)39-38(42)37(41)33-31-29-27-24-14-12-10-8-6-4-2/h30,32,35-37,40-41H,3-29,31,33-34H2,1-2H3,(H,39,42)(H,43,44,45)/b32-30+. The van der Waals surface area contributed by atoms with Gasteiger partial charge in [0.1, 0.15) is 6.10 Å². The number of aliphatic hydroxyl groups is 2. The normalized spacial score (nSPS) is 14.1. The summed E-state index contributed by atoms with van der Waals surface area (Å²) in [5.41, 5.74) is 0. The van der Waals surface area contributed by atoms with Gasteiger partial charge in [0.2, 0.25) is 5.91 Å². The highest BCUT2D eigenvalue weighted by atomic mass is 32.2. The van der Waals surface area contributed by atoms with Crippen molar-refractivity contribution in [2.24, 2.45) is 0 Å². The molecule has 0 bridgehead atoms. The summed E-state index contributed by atoms with van der Waals surface area (Å²) < 4.78 is 32.4. The Hall–Kier alpha value is -0.960. The van der Waals surface area contributed by atoms with E-state index in [0.717, 1.165) is 38.5 Å². The summed E-state index contributed by atoms with van der Waals surface area (Å²) in [4.78, 5) is 12.5. The van der Waals surface area contributed by atoms with E-state index in [9.17, 15) is 28.0 Å². The van der Waals surface area contributed by atoms with E-state index < -0.39 is 40.0 Å². The molecule has 4 N–H and O–H groups in total. The number of aliphatic hydroxyl groups excluding tert-OH is 2. The Labute approximate surface area is 284 Å². The number of carbonyl (C=O) groups is 1. The monoisotopic (exact) mass is 674 g/mol. The number of nitrogens with one attached hydrogen (secondary N) is 1. The molecule has 46 heavy (non-hydrogen) atoms. The minimum Gasteiger partial charge on any atom is -0.387 e. The first kappa shape index (κ1) is 45.0. The molecule has 274 valence electrons. The van der Waals surface area contributed by atoms with Crippen LogP contribution >= 0.6 is 0 Å². The van der Waals surface area contributed by atoms with Crippen molar-refractivity contribution >= 4 is 16.0 Å². The van der Waals surface area contributed by atoms with E-state index in [1.165, 1.54) is 141 Å². The highest BCUT2D eigenvalue weighted by Gasteiger charge is 2.27. The summed E-state index contributed by atoms with van der Waals surface area (Å²) in [6.07, 6.45) is 35.6. The van der Waals surface area contributed by atoms with Gasteiger partial charge in [-0.2, -0.15) is 8.42 Å². The fourth-order valence-electron chi connectivity index (χ4n) is 6.04. The van der Waals surface area contributed by atoms with Gasteiger partial charge in [0.25, 0.3) is 10.1 Å². The predicted octanol–water partition coefficient (Wildman–Crippen LogP) is 9.99. The van der Waals surface area contributed by atoms with E-state index in [0.29, 0.717) is 6.42 Å². The van der Waals surface area contributed by atoms with E-state index in [1.807, 2.05) is 0 Å². The van der Waals surface area contributed by atoms with Crippen molar-refractivity contribution in [3.8, 4) is 0 Å². The summed E-state index contributed by atoms with van der Waals surface area (Å²) in [6.45, 7) is 4.48. The first-order chi connectivity index (χ1) is 22.2. The third-order valence-corrected chi connectivity index (χ3v) is 9.85. The average molecular weight is 674 g/mol. The largest absolute Gasteiger partial charge is 0.387 e. The second-order valence-electron chi connectivity index (χ2n) is 13.7. The Morgan fingerprint density at radius 2 is 0.935 bits per heavy atom. The summed E-state index contributed by atoms with van der Waals surface area (Å²) >= 11 is 0. The van der Waals surface area contributed by atoms with Gasteiger partial charge in [0.05, 0.1) is 17.9 Å². The molecule has 0 rings (SSSR count). The molecule has 1 amide bonds. The van der Waals surface area contributed by atoms with Crippen LogP contribution in [0.3, 0.4) is 0 Å². The second-order valence-corrected chi connectivity index (χ2v) is 15.2. The van der Waals surface area contributed by atoms with Gasteiger partial charge in [0, 0.05) is 0 Å². The lowest BCUT2D eigenvalue weighted by molar-refractivity contribution is -0.130. The minimum absolute atomic E-state index is 0.284. The topological polar surface area (TPSA) is 124 Å². The van der Waals surface area contributed by atoms with Crippen molar-refractivity contribution in [2.75, 3.05) is 5.75 Å². The van der Waals surface area contributed by atoms with Gasteiger partial charge < -0.3 is 15.5 Å². The van der Waals surface area contributed by atoms with Gasteiger partial charge in [0.15, 0.2) is 0 Å². The zero-order valence-corrected chi connectivity index (χ0v) is 30.9. The SMILES string of the molecule is CCCCCCCCCCCCCCCCCCC/C=C/C(O)C(CS(=O)(=O)O)NC(=O)C(O)CCCCCCCCCCCC. The lowest BCUT2D eigenvalue weighted by atomic mass is 10.0. The Morgan fingerprint density at radius 3 is 1.30 bits per heavy atom. The summed E-state index contributed by atoms with van der Waals surface area (Å²) in [7, 11) is -4.43. The van der Waals surface area contributed by atoms with Gasteiger partial charge in [-0.1, -0.05) is 193 Å². The summed E-state index contributed by atoms with van der Waals surface area (Å²) in [5.74, 6) is -1.53. The fourth-order valence-corrected chi connectivity index (χ4v) is 6.78. The van der Waals surface area contributed by atoms with E-state index >= 15 is 0 Å². The summed E-state index contributed by atoms with van der Waals surface area (Å²) in [6, 6.07) is -1.23. The Bertz CT molecular complexity index is 803. The van der Waals surface area contributed by atoms with Crippen molar-refractivity contribution in [1.82, 2.24) is 5.32 Å². The number of rotatable bonds is 35. The molecule has 0 aromatic rings. The van der Waals surface area contributed by atoms with E-state index in [2.05, 4.69) is 19.2 Å². The maximum Gasteiger partial charge on any atom is 0.267 e. The molecule has 0 radical (unpaired) electrons. The van der Waals surface area contributed by atoms with Crippen LogP contribution in [0.5, 0.6) is 0 Å². The van der Waals surface area contributed by atoms with Gasteiger partial charge in [-0.15, -0.1) is 0 Å². The van der Waals surface area contributed by atoms with Crippen LogP contribution in [0.25, 0.3) is 0 Å². The maximum absolute atomic E-state index is 12.5. The van der Waals surface area contributed by atoms with E-state index in [4.69, 9.17) is 0 Å². The number of hydrogen-bond donors (Lipinski definition) is 4. The van der Waals surface area contributed by atoms with E-state index in [-0.39, 0.29) is 6.42 Å². The molecular formula is C38H75NO6S. The van der Waals surface area contributed by atoms with Crippen molar-refractivity contribution in [3.05, 3.63) is 12.2 Å². The molecule has 0 aliphatic heterocycles. The molecule has 3 unspecified atom stereocenters. The molecule has 0 aromatic carbocycles. The molecule has 0 aliphatic carbocycles. The molecule has 0 fully saturated rings. The number of unbranched alkanes of at least 4 members (excludes halogenated alkanes) is 26. The zero-order chi connectivity index (χ0) is 34.1. The Morgan fingerprint density at radius 1 is 0.587 bits per heavy atom. The molecular weight excluding hydrogens is 598 g/mol. The van der Waals surface area contributed by atoms with Crippen LogP contribution in [-0.2, 0) is 14.9 Å². The fraction of sp³-hybridized carbons (Fsp3) is 0.921. The van der Waals surface area contributed by atoms with Crippen molar-refractivity contribution < 1.29 is 28.0 Å². The van der Waals surface area contributed by atoms with Crippen molar-refractivity contribution in [2.45, 2.75) is 218 Å². The number of amides is 1. The smallest absolute Gasteiger partial charge is 0.267 e. The van der Waals surface area contributed by atoms with Gasteiger partial charge in [-0.05, 0) is 19.3 Å². The molecule has 8 heteroatoms. The summed E-state index contributed by atoms with van der Waals surface area (Å²) in [5, 5.41) is 23.3. The molecule has 0 aliphatic rings. The zero-order valence-electron chi connectivity index (χ0n) is 30.1. The molecule has 0 saturated heterocycles. The van der Waals surface area contributed by atoms with Crippen molar-refractivity contribution in [3.63, 3.8) is 0 Å². The number of allylic oxidation sites excluding steroid dienone is 1. The third-order valence-electron chi connectivity index (χ3n) is 9.07. The molecule has 3 atom stereocenters. The molecule has 0 heterocycles. The van der Waals surface area contributed by atoms with Gasteiger partial charge in [-0.25, -0.2) is 0 Å². The quantitative estimate of drug-likeness (QED) is 0.0302. The highest BCUT2D eigenvalue weighted by molar-refractivity contribution is 7.85. The van der Waals surface area contributed by atoms with Crippen LogP contribution in [0, 0.1) is 0 Å². The number of hydrogen-bond acceptors (Lipinski definition) is 5. The maximum atomic E-state index is 12.5. The third kappa shape index (κ3) is 31.6. The van der Waals surface area contributed by atoms with Crippen molar-refractivity contribution in [1.29, 1.82) is 0 Å². The average Bonchev–Trinajstić information content (AvgIpc) is 3.01. The van der Waals surface area contributed by atoms with Crippen LogP contribution in [0.15, 0.2) is 12.2 Å². The highest BCUT2D eigenvalue weighted by Crippen LogP contribution is 2.15. The van der Waals surface area contributed by atoms with Gasteiger partial charge in [-0.3, -0.25) is 9.35 Å². The molecule has 0 spiro atoms. The molecule has 0 aromatic heterocycles. The van der Waals surface area contributed by atoms with Crippen LogP contribution < -0.4 is 5.32 Å². The molecule has 0 saturated carbocycles. The predicted molar refractivity (Wildman–Crippen MR) is 195 cm³/mol. The first-order valence-electron chi connectivity index (χ1n) is 19.5. The van der Waals surface area contributed by atoms with Crippen LogP contribution in [-0.4, -0.2) is 53.1 Å². The Balaban J connectivity index is 4.02. The first-order valence-corrected chi connectivity index (χ1v) is 21.1. The van der Waals surface area contributed by atoms with Crippen LogP contribution in [0.4, 0.5) is 0 Å². The Kier molecular flexibility index (Phi) is 31.9.